The van der Waals surface area contributed by atoms with Crippen molar-refractivity contribution in [1.29, 1.82) is 0 Å². The van der Waals surface area contributed by atoms with Crippen LogP contribution in [0, 0.1) is 0 Å². The van der Waals surface area contributed by atoms with Crippen molar-refractivity contribution in [3.63, 3.8) is 0 Å². The van der Waals surface area contributed by atoms with Gasteiger partial charge >= 0.3 is 6.18 Å². The van der Waals surface area contributed by atoms with E-state index in [4.69, 9.17) is 0 Å². The van der Waals surface area contributed by atoms with Crippen molar-refractivity contribution in [3.8, 4) is 5.75 Å². The highest BCUT2D eigenvalue weighted by Crippen LogP contribution is 2.18. The molecule has 0 bridgehead atoms. The molecule has 0 saturated carbocycles. The molecule has 0 unspecified atom stereocenters. The van der Waals surface area contributed by atoms with Crippen LogP contribution in [0.3, 0.4) is 0 Å². The van der Waals surface area contributed by atoms with E-state index in [-0.39, 0.29) is 24.7 Å². The summed E-state index contributed by atoms with van der Waals surface area (Å²) < 4.78 is 41.8. The predicted octanol–water partition coefficient (Wildman–Crippen LogP) is 0.931. The Morgan fingerprint density at radius 1 is 1.27 bits per heavy atom. The van der Waals surface area contributed by atoms with Gasteiger partial charge < -0.3 is 10.1 Å². The first kappa shape index (κ1) is 15.7. The maximum atomic E-state index is 12.0. The van der Waals surface area contributed by atoms with E-state index in [2.05, 4.69) is 25.6 Å². The molecule has 1 aromatic heterocycles. The molecule has 1 amide bonds. The van der Waals surface area contributed by atoms with Crippen molar-refractivity contribution in [2.24, 2.45) is 0 Å². The molecule has 0 aliphatic heterocycles. The molecule has 22 heavy (non-hydrogen) atoms. The SMILES string of the molecule is O=C(Cn1cnnn1)NCc1ccc(OCC(F)(F)F)cc1. The number of carbonyl (C=O) groups is 1. The number of alkyl halides is 3. The Labute approximate surface area is 123 Å². The highest BCUT2D eigenvalue weighted by molar-refractivity contribution is 5.75. The van der Waals surface area contributed by atoms with Crippen molar-refractivity contribution in [2.75, 3.05) is 6.61 Å². The molecular formula is C12H12F3N5O2. The lowest BCUT2D eigenvalue weighted by molar-refractivity contribution is -0.153. The molecule has 0 atom stereocenters. The van der Waals surface area contributed by atoms with Gasteiger partial charge in [-0.05, 0) is 28.1 Å². The van der Waals surface area contributed by atoms with Crippen LogP contribution in [0.25, 0.3) is 0 Å². The van der Waals surface area contributed by atoms with Gasteiger partial charge in [-0.15, -0.1) is 5.10 Å². The minimum Gasteiger partial charge on any atom is -0.484 e. The van der Waals surface area contributed by atoms with Gasteiger partial charge in [-0.25, -0.2) is 4.68 Å². The number of ether oxygens (including phenoxy) is 1. The number of nitrogens with one attached hydrogen (secondary N) is 1. The summed E-state index contributed by atoms with van der Waals surface area (Å²) in [6.07, 6.45) is -3.06. The van der Waals surface area contributed by atoms with Gasteiger partial charge in [-0.1, -0.05) is 12.1 Å². The second-order valence-corrected chi connectivity index (χ2v) is 4.33. The number of tetrazole rings is 1. The maximum Gasteiger partial charge on any atom is 0.422 e. The number of rotatable bonds is 6. The Kier molecular flexibility index (Phi) is 4.92. The molecule has 2 aromatic rings. The van der Waals surface area contributed by atoms with E-state index in [9.17, 15) is 18.0 Å². The summed E-state index contributed by atoms with van der Waals surface area (Å²) in [6.45, 7) is -1.12. The summed E-state index contributed by atoms with van der Waals surface area (Å²) in [7, 11) is 0. The molecule has 0 fully saturated rings. The quantitative estimate of drug-likeness (QED) is 0.857. The third kappa shape index (κ3) is 5.38. The molecule has 2 rings (SSSR count). The van der Waals surface area contributed by atoms with Crippen LogP contribution in [0.1, 0.15) is 5.56 Å². The highest BCUT2D eigenvalue weighted by Gasteiger charge is 2.28. The fraction of sp³-hybridized carbons (Fsp3) is 0.333. The second kappa shape index (κ2) is 6.87. The maximum absolute atomic E-state index is 12.0. The topological polar surface area (TPSA) is 81.9 Å². The molecule has 1 heterocycles. The summed E-state index contributed by atoms with van der Waals surface area (Å²) in [5, 5.41) is 13.0. The van der Waals surface area contributed by atoms with Gasteiger partial charge in [0.05, 0.1) is 0 Å². The van der Waals surface area contributed by atoms with Gasteiger partial charge in [0.2, 0.25) is 5.91 Å². The molecule has 0 aliphatic carbocycles. The number of hydrogen-bond donors (Lipinski definition) is 1. The lowest BCUT2D eigenvalue weighted by atomic mass is 10.2. The Morgan fingerprint density at radius 3 is 2.59 bits per heavy atom. The number of halogens is 3. The van der Waals surface area contributed by atoms with Gasteiger partial charge in [0.1, 0.15) is 18.6 Å². The van der Waals surface area contributed by atoms with Gasteiger partial charge in [0.15, 0.2) is 6.61 Å². The Bertz CT molecular complexity index is 598. The molecule has 7 nitrogen and oxygen atoms in total. The van der Waals surface area contributed by atoms with Crippen LogP contribution in [0.5, 0.6) is 5.75 Å². The van der Waals surface area contributed by atoms with Crippen molar-refractivity contribution < 1.29 is 22.7 Å². The minimum atomic E-state index is -4.37. The molecule has 0 saturated heterocycles. The first-order chi connectivity index (χ1) is 10.4. The average molecular weight is 315 g/mol. The lowest BCUT2D eigenvalue weighted by Crippen LogP contribution is -2.27. The highest BCUT2D eigenvalue weighted by atomic mass is 19.4. The molecule has 1 N–H and O–H groups in total. The first-order valence-electron chi connectivity index (χ1n) is 6.18. The number of aromatic nitrogens is 4. The van der Waals surface area contributed by atoms with E-state index in [1.807, 2.05) is 0 Å². The zero-order valence-corrected chi connectivity index (χ0v) is 11.2. The normalized spacial score (nSPS) is 11.2. The third-order valence-corrected chi connectivity index (χ3v) is 2.51. The third-order valence-electron chi connectivity index (χ3n) is 2.51. The Balaban J connectivity index is 1.77. The number of benzene rings is 1. The molecule has 10 heteroatoms. The van der Waals surface area contributed by atoms with Crippen LogP contribution in [-0.4, -0.2) is 38.9 Å². The van der Waals surface area contributed by atoms with Crippen LogP contribution >= 0.6 is 0 Å². The van der Waals surface area contributed by atoms with E-state index in [0.717, 1.165) is 5.56 Å². The predicted molar refractivity (Wildman–Crippen MR) is 67.7 cm³/mol. The lowest BCUT2D eigenvalue weighted by Gasteiger charge is -2.10. The van der Waals surface area contributed by atoms with E-state index < -0.39 is 12.8 Å². The number of nitrogens with zero attached hydrogens (tertiary/aromatic N) is 4. The monoisotopic (exact) mass is 315 g/mol. The molecular weight excluding hydrogens is 303 g/mol. The largest absolute Gasteiger partial charge is 0.484 e. The fourth-order valence-electron chi connectivity index (χ4n) is 1.53. The summed E-state index contributed by atoms with van der Waals surface area (Å²) in [6, 6.07) is 5.97. The zero-order valence-electron chi connectivity index (χ0n) is 11.2. The van der Waals surface area contributed by atoms with Crippen molar-refractivity contribution in [2.45, 2.75) is 19.3 Å². The summed E-state index contributed by atoms with van der Waals surface area (Å²) in [4.78, 5) is 11.6. The standard InChI is InChI=1S/C12H12F3N5O2/c13-12(14,15)7-22-10-3-1-9(2-4-10)5-16-11(21)6-20-8-17-18-19-20/h1-4,8H,5-7H2,(H,16,21). The Morgan fingerprint density at radius 2 is 2.00 bits per heavy atom. The number of hydrogen-bond acceptors (Lipinski definition) is 5. The van der Waals surface area contributed by atoms with Crippen LogP contribution in [0.15, 0.2) is 30.6 Å². The van der Waals surface area contributed by atoms with E-state index in [0.29, 0.717) is 0 Å². The van der Waals surface area contributed by atoms with Gasteiger partial charge in [0.25, 0.3) is 0 Å². The fourth-order valence-corrected chi connectivity index (χ4v) is 1.53. The molecule has 0 radical (unpaired) electrons. The van der Waals surface area contributed by atoms with E-state index in [1.165, 1.54) is 23.1 Å². The first-order valence-corrected chi connectivity index (χ1v) is 6.18. The number of amides is 1. The summed E-state index contributed by atoms with van der Waals surface area (Å²) in [5.74, 6) is -0.175. The number of carbonyl (C=O) groups excluding carboxylic acids is 1. The smallest absolute Gasteiger partial charge is 0.422 e. The van der Waals surface area contributed by atoms with Crippen LogP contribution in [0.2, 0.25) is 0 Å². The molecule has 1 aromatic carbocycles. The Hall–Kier alpha value is -2.65. The van der Waals surface area contributed by atoms with Crippen molar-refractivity contribution >= 4 is 5.91 Å². The van der Waals surface area contributed by atoms with Crippen molar-refractivity contribution in [3.05, 3.63) is 36.2 Å². The average Bonchev–Trinajstić information content (AvgIpc) is 2.96. The summed E-state index contributed by atoms with van der Waals surface area (Å²) >= 11 is 0. The molecule has 118 valence electrons. The molecule has 0 aliphatic rings. The van der Waals surface area contributed by atoms with Gasteiger partial charge in [-0.3, -0.25) is 4.79 Å². The minimum absolute atomic E-state index is 0.0141. The van der Waals surface area contributed by atoms with E-state index >= 15 is 0 Å². The van der Waals surface area contributed by atoms with Crippen LogP contribution < -0.4 is 10.1 Å². The summed E-state index contributed by atoms with van der Waals surface area (Å²) in [5.41, 5.74) is 0.726. The van der Waals surface area contributed by atoms with Gasteiger partial charge in [-0.2, -0.15) is 13.2 Å². The van der Waals surface area contributed by atoms with E-state index in [1.54, 1.807) is 12.1 Å². The van der Waals surface area contributed by atoms with Gasteiger partial charge in [0, 0.05) is 6.54 Å². The van der Waals surface area contributed by atoms with Crippen LogP contribution in [-0.2, 0) is 17.9 Å². The molecule has 0 spiro atoms. The van der Waals surface area contributed by atoms with Crippen LogP contribution in [0.4, 0.5) is 13.2 Å². The zero-order chi connectivity index (χ0) is 16.0. The second-order valence-electron chi connectivity index (χ2n) is 4.33. The van der Waals surface area contributed by atoms with Crippen molar-refractivity contribution in [1.82, 2.24) is 25.5 Å².